The van der Waals surface area contributed by atoms with E-state index in [2.05, 4.69) is 67.6 Å². The maximum Gasteiger partial charge on any atom is 0.300 e. The molecule has 0 atom stereocenters. The topological polar surface area (TPSA) is 89.3 Å². The summed E-state index contributed by atoms with van der Waals surface area (Å²) in [6.07, 6.45) is 7.71. The first-order valence-electron chi connectivity index (χ1n) is 10.9. The van der Waals surface area contributed by atoms with E-state index >= 15 is 0 Å². The normalized spacial score (nSPS) is 15.9. The van der Waals surface area contributed by atoms with Crippen LogP contribution in [0, 0.1) is 0 Å². The molecule has 0 saturated heterocycles. The molecule has 2 rings (SSSR count). The number of carboxylic acids is 1. The van der Waals surface area contributed by atoms with Gasteiger partial charge in [0.1, 0.15) is 5.66 Å². The molecule has 0 spiro atoms. The molecule has 0 unspecified atom stereocenters. The van der Waals surface area contributed by atoms with Gasteiger partial charge < -0.3 is 15.3 Å². The highest BCUT2D eigenvalue weighted by molar-refractivity contribution is 6.00. The van der Waals surface area contributed by atoms with Gasteiger partial charge in [-0.15, -0.1) is 0 Å². The molecule has 0 amide bonds. The third-order valence-electron chi connectivity index (χ3n) is 4.45. The lowest BCUT2D eigenvalue weighted by molar-refractivity contribution is -0.134. The largest absolute Gasteiger partial charge is 0.481 e. The lowest BCUT2D eigenvalue weighted by Crippen LogP contribution is -2.59. The monoisotopic (exact) mass is 417 g/mol. The smallest absolute Gasteiger partial charge is 0.300 e. The first kappa shape index (κ1) is 25.5. The van der Waals surface area contributed by atoms with Gasteiger partial charge in [0.15, 0.2) is 5.96 Å². The number of carboxylic acid groups (broad SMARTS) is 1. The number of unbranched alkanes of at least 4 members (excludes halogenated alkanes) is 5. The summed E-state index contributed by atoms with van der Waals surface area (Å²) in [5.41, 5.74) is 0.910. The Morgan fingerprint density at radius 1 is 1.13 bits per heavy atom. The molecule has 0 radical (unpaired) electrons. The van der Waals surface area contributed by atoms with Crippen LogP contribution in [-0.4, -0.2) is 47.2 Å². The molecule has 0 fully saturated rings. The Balaban J connectivity index is 0.00000103. The number of carbonyl (C=O) groups is 1. The van der Waals surface area contributed by atoms with Gasteiger partial charge in [-0.3, -0.25) is 15.1 Å². The first-order valence-corrected chi connectivity index (χ1v) is 10.9. The highest BCUT2D eigenvalue weighted by Crippen LogP contribution is 2.11. The highest BCUT2D eigenvalue weighted by Gasteiger charge is 2.26. The Morgan fingerprint density at radius 3 is 2.37 bits per heavy atom. The van der Waals surface area contributed by atoms with Gasteiger partial charge in [-0.05, 0) is 25.8 Å². The second-order valence-electron chi connectivity index (χ2n) is 8.10. The van der Waals surface area contributed by atoms with Crippen LogP contribution in [0.1, 0.15) is 71.8 Å². The van der Waals surface area contributed by atoms with Crippen LogP contribution in [-0.2, 0) is 11.3 Å². The van der Waals surface area contributed by atoms with Crippen LogP contribution in [0.25, 0.3) is 0 Å². The Kier molecular flexibility index (Phi) is 11.6. The van der Waals surface area contributed by atoms with Gasteiger partial charge in [-0.1, -0.05) is 69.4 Å². The number of hydrogen-bond acceptors (Lipinski definition) is 4. The lowest BCUT2D eigenvalue weighted by atomic mass is 10.1. The number of aliphatic carboxylic acids is 1. The van der Waals surface area contributed by atoms with Crippen LogP contribution in [0.4, 0.5) is 0 Å². The fourth-order valence-corrected chi connectivity index (χ4v) is 3.02. The summed E-state index contributed by atoms with van der Waals surface area (Å²) in [6, 6.07) is 10.4. The quantitative estimate of drug-likeness (QED) is 0.524. The van der Waals surface area contributed by atoms with Gasteiger partial charge in [0, 0.05) is 27.1 Å². The molecule has 7 heteroatoms. The van der Waals surface area contributed by atoms with Crippen molar-refractivity contribution in [2.75, 3.05) is 13.6 Å². The zero-order chi connectivity index (χ0) is 22.4. The molecule has 1 heterocycles. The van der Waals surface area contributed by atoms with Crippen LogP contribution < -0.4 is 10.6 Å². The predicted octanol–water partition coefficient (Wildman–Crippen LogP) is 4.21. The van der Waals surface area contributed by atoms with Gasteiger partial charge in [0.05, 0.1) is 0 Å². The van der Waals surface area contributed by atoms with Crippen molar-refractivity contribution in [2.24, 2.45) is 9.98 Å². The molecular weight excluding hydrogens is 378 g/mol. The molecule has 1 aromatic rings. The van der Waals surface area contributed by atoms with Gasteiger partial charge >= 0.3 is 0 Å². The van der Waals surface area contributed by atoms with E-state index in [0.717, 1.165) is 38.4 Å². The van der Waals surface area contributed by atoms with E-state index in [-0.39, 0.29) is 5.66 Å². The molecule has 0 aliphatic carbocycles. The Hall–Kier alpha value is -2.57. The van der Waals surface area contributed by atoms with Crippen LogP contribution in [0.5, 0.6) is 0 Å². The van der Waals surface area contributed by atoms with Crippen LogP contribution in [0.15, 0.2) is 40.3 Å². The van der Waals surface area contributed by atoms with E-state index in [4.69, 9.17) is 19.9 Å². The molecule has 1 aliphatic rings. The molecule has 3 N–H and O–H groups in total. The van der Waals surface area contributed by atoms with Gasteiger partial charge in [-0.2, -0.15) is 0 Å². The molecule has 1 aromatic carbocycles. The number of rotatable bonds is 9. The lowest BCUT2D eigenvalue weighted by Gasteiger charge is -2.34. The number of guanidine groups is 2. The number of hydrogen-bond donors (Lipinski definition) is 3. The molecule has 1 aliphatic heterocycles. The summed E-state index contributed by atoms with van der Waals surface area (Å²) in [5, 5.41) is 14.1. The van der Waals surface area contributed by atoms with Crippen LogP contribution in [0.3, 0.4) is 0 Å². The SMILES string of the molecule is CC(=O)O.CCCCCCCCN=C1NC(N(C)Cc2ccccc2)=NC(C)(C)N1. The number of aliphatic imine (C=N–C) groups is 2. The van der Waals surface area contributed by atoms with E-state index in [1.807, 2.05) is 6.07 Å². The second-order valence-corrected chi connectivity index (χ2v) is 8.10. The summed E-state index contributed by atoms with van der Waals surface area (Å²) in [7, 11) is 2.06. The average molecular weight is 418 g/mol. The van der Waals surface area contributed by atoms with Crippen molar-refractivity contribution in [2.45, 2.75) is 78.4 Å². The third kappa shape index (κ3) is 11.4. The Labute approximate surface area is 181 Å². The molecule has 0 saturated carbocycles. The van der Waals surface area contributed by atoms with Crippen molar-refractivity contribution in [1.29, 1.82) is 0 Å². The fourth-order valence-electron chi connectivity index (χ4n) is 3.02. The summed E-state index contributed by atoms with van der Waals surface area (Å²) < 4.78 is 0. The standard InChI is InChI=1S/C21H35N5.C2H4O2/c1-5-6-7-8-9-13-16-22-19-23-20(25-21(2,3)24-19)26(4)17-18-14-11-10-12-15-18;1-2(3)4/h10-12,14-15H,5-9,13,16-17H2,1-4H3,(H2,22,23,24,25);1H3,(H,3,4). The van der Waals surface area contributed by atoms with E-state index in [0.29, 0.717) is 0 Å². The number of nitrogens with one attached hydrogen (secondary N) is 2. The predicted molar refractivity (Wildman–Crippen MR) is 125 cm³/mol. The van der Waals surface area contributed by atoms with Gasteiger partial charge in [-0.25, -0.2) is 4.99 Å². The van der Waals surface area contributed by atoms with Crippen molar-refractivity contribution in [3.05, 3.63) is 35.9 Å². The van der Waals surface area contributed by atoms with Crippen molar-refractivity contribution >= 4 is 17.9 Å². The first-order chi connectivity index (χ1) is 14.2. The maximum atomic E-state index is 9.00. The highest BCUT2D eigenvalue weighted by atomic mass is 16.4. The minimum absolute atomic E-state index is 0.356. The molecule has 168 valence electrons. The van der Waals surface area contributed by atoms with Crippen LogP contribution >= 0.6 is 0 Å². The van der Waals surface area contributed by atoms with Crippen LogP contribution in [0.2, 0.25) is 0 Å². The fraction of sp³-hybridized carbons (Fsp3) is 0.609. The zero-order valence-corrected chi connectivity index (χ0v) is 19.2. The summed E-state index contributed by atoms with van der Waals surface area (Å²) in [5.74, 6) is 0.854. The van der Waals surface area contributed by atoms with E-state index in [1.54, 1.807) is 0 Å². The van der Waals surface area contributed by atoms with Crippen molar-refractivity contribution in [1.82, 2.24) is 15.5 Å². The average Bonchev–Trinajstić information content (AvgIpc) is 2.66. The molecule has 0 aromatic heterocycles. The van der Waals surface area contributed by atoms with Crippen molar-refractivity contribution in [3.63, 3.8) is 0 Å². The molecule has 7 nitrogen and oxygen atoms in total. The van der Waals surface area contributed by atoms with E-state index in [1.165, 1.54) is 37.7 Å². The molecule has 0 bridgehead atoms. The maximum absolute atomic E-state index is 9.00. The van der Waals surface area contributed by atoms with Gasteiger partial charge in [0.2, 0.25) is 5.96 Å². The molecule has 30 heavy (non-hydrogen) atoms. The second kappa shape index (κ2) is 13.6. The van der Waals surface area contributed by atoms with Gasteiger partial charge in [0.25, 0.3) is 5.97 Å². The van der Waals surface area contributed by atoms with E-state index in [9.17, 15) is 0 Å². The summed E-state index contributed by atoms with van der Waals surface area (Å²) in [4.78, 5) is 20.6. The minimum Gasteiger partial charge on any atom is -0.481 e. The number of nitrogens with zero attached hydrogens (tertiary/aromatic N) is 3. The third-order valence-corrected chi connectivity index (χ3v) is 4.45. The Morgan fingerprint density at radius 2 is 1.73 bits per heavy atom. The zero-order valence-electron chi connectivity index (χ0n) is 19.2. The Bertz CT molecular complexity index is 682. The molecular formula is C23H39N5O2. The number of benzene rings is 1. The van der Waals surface area contributed by atoms with E-state index < -0.39 is 5.97 Å². The summed E-state index contributed by atoms with van der Waals surface area (Å²) in [6.45, 7) is 9.15. The van der Waals surface area contributed by atoms with Crippen molar-refractivity contribution in [3.8, 4) is 0 Å². The summed E-state index contributed by atoms with van der Waals surface area (Å²) >= 11 is 0. The van der Waals surface area contributed by atoms with Crippen molar-refractivity contribution < 1.29 is 9.90 Å². The minimum atomic E-state index is -0.833.